The molecule has 0 bridgehead atoms. The Kier molecular flexibility index (Phi) is 5.40. The Balaban J connectivity index is 1.66. The molecule has 0 N–H and O–H groups in total. The Bertz CT molecular complexity index is 801. The lowest BCUT2D eigenvalue weighted by Gasteiger charge is -2.39. The van der Waals surface area contributed by atoms with Crippen molar-refractivity contribution in [1.82, 2.24) is 4.90 Å². The van der Waals surface area contributed by atoms with Crippen LogP contribution in [0.15, 0.2) is 48.5 Å². The van der Waals surface area contributed by atoms with Crippen molar-refractivity contribution in [1.29, 1.82) is 0 Å². The number of hydrogen-bond donors (Lipinski definition) is 0. The summed E-state index contributed by atoms with van der Waals surface area (Å²) in [5.41, 5.74) is 4.37. The van der Waals surface area contributed by atoms with Gasteiger partial charge in [0.2, 0.25) is 11.8 Å². The second-order valence-electron chi connectivity index (χ2n) is 7.03. The van der Waals surface area contributed by atoms with E-state index in [1.165, 1.54) is 5.56 Å². The summed E-state index contributed by atoms with van der Waals surface area (Å²) in [6, 6.07) is 15.7. The number of amides is 2. The number of aryl methyl sites for hydroxylation is 3. The first kappa shape index (κ1) is 18.2. The highest BCUT2D eigenvalue weighted by Crippen LogP contribution is 2.25. The zero-order chi connectivity index (χ0) is 18.7. The Morgan fingerprint density at radius 3 is 2.50 bits per heavy atom. The van der Waals surface area contributed by atoms with Crippen LogP contribution in [-0.2, 0) is 16.0 Å². The van der Waals surface area contributed by atoms with Crippen LogP contribution in [0, 0.1) is 13.8 Å². The molecule has 2 amide bonds. The fraction of sp³-hybridized carbons (Fsp3) is 0.364. The molecule has 2 aromatic carbocycles. The van der Waals surface area contributed by atoms with Gasteiger partial charge < -0.3 is 9.80 Å². The summed E-state index contributed by atoms with van der Waals surface area (Å²) in [5.74, 6) is 0.0474. The maximum absolute atomic E-state index is 12.9. The van der Waals surface area contributed by atoms with Gasteiger partial charge in [0.1, 0.15) is 6.04 Å². The Morgan fingerprint density at radius 1 is 1.08 bits per heavy atom. The van der Waals surface area contributed by atoms with E-state index in [1.54, 1.807) is 4.90 Å². The molecule has 1 heterocycles. The molecule has 1 aliphatic rings. The summed E-state index contributed by atoms with van der Waals surface area (Å²) in [7, 11) is 0. The zero-order valence-corrected chi connectivity index (χ0v) is 15.7. The van der Waals surface area contributed by atoms with Crippen LogP contribution >= 0.6 is 0 Å². The fourth-order valence-electron chi connectivity index (χ4n) is 3.60. The summed E-state index contributed by atoms with van der Waals surface area (Å²) in [6.45, 7) is 7.03. The molecular weight excluding hydrogens is 324 g/mol. The molecule has 26 heavy (non-hydrogen) atoms. The molecule has 4 heteroatoms. The monoisotopic (exact) mass is 350 g/mol. The highest BCUT2D eigenvalue weighted by Gasteiger charge is 2.35. The highest BCUT2D eigenvalue weighted by molar-refractivity contribution is 6.00. The predicted molar refractivity (Wildman–Crippen MR) is 104 cm³/mol. The lowest BCUT2D eigenvalue weighted by atomic mass is 10.1. The minimum absolute atomic E-state index is 0.00346. The van der Waals surface area contributed by atoms with Gasteiger partial charge in [-0.25, -0.2) is 0 Å². The van der Waals surface area contributed by atoms with E-state index in [2.05, 4.69) is 6.07 Å². The molecule has 4 nitrogen and oxygen atoms in total. The van der Waals surface area contributed by atoms with E-state index in [1.807, 2.05) is 68.1 Å². The van der Waals surface area contributed by atoms with E-state index in [4.69, 9.17) is 0 Å². The number of anilines is 1. The molecule has 0 unspecified atom stereocenters. The summed E-state index contributed by atoms with van der Waals surface area (Å²) >= 11 is 0. The van der Waals surface area contributed by atoms with Gasteiger partial charge in [0.25, 0.3) is 0 Å². The van der Waals surface area contributed by atoms with E-state index in [0.717, 1.165) is 16.8 Å². The number of nitrogens with zero attached hydrogens (tertiary/aromatic N) is 2. The maximum atomic E-state index is 12.9. The summed E-state index contributed by atoms with van der Waals surface area (Å²) in [4.78, 5) is 29.1. The van der Waals surface area contributed by atoms with Crippen molar-refractivity contribution in [3.8, 4) is 0 Å². The van der Waals surface area contributed by atoms with Gasteiger partial charge >= 0.3 is 0 Å². The van der Waals surface area contributed by atoms with Crippen LogP contribution in [0.2, 0.25) is 0 Å². The molecule has 136 valence electrons. The third-order valence-electron chi connectivity index (χ3n) is 5.09. The van der Waals surface area contributed by atoms with Crippen molar-refractivity contribution in [2.75, 3.05) is 18.0 Å². The number of carbonyl (C=O) groups is 2. The average Bonchev–Trinajstić information content (AvgIpc) is 2.63. The molecule has 3 rings (SSSR count). The lowest BCUT2D eigenvalue weighted by Crippen LogP contribution is -2.58. The molecular formula is C22H26N2O2. The first-order chi connectivity index (χ1) is 12.5. The van der Waals surface area contributed by atoms with Gasteiger partial charge in [0, 0.05) is 25.2 Å². The molecule has 0 aromatic heterocycles. The van der Waals surface area contributed by atoms with Gasteiger partial charge in [0.05, 0.1) is 0 Å². The standard InChI is InChI=1S/C22H26N2O2/c1-16-9-11-20(17(2)15-16)24-14-13-23(18(3)22(24)26)21(25)12-10-19-7-5-4-6-8-19/h4-9,11,15,18H,10,12-14H2,1-3H3/t18-/m1/s1. The normalized spacial score (nSPS) is 17.5. The lowest BCUT2D eigenvalue weighted by molar-refractivity contribution is -0.140. The van der Waals surface area contributed by atoms with Crippen molar-refractivity contribution in [3.05, 3.63) is 65.2 Å². The van der Waals surface area contributed by atoms with Gasteiger partial charge in [-0.05, 0) is 44.4 Å². The number of hydrogen-bond acceptors (Lipinski definition) is 2. The van der Waals surface area contributed by atoms with Gasteiger partial charge in [0.15, 0.2) is 0 Å². The van der Waals surface area contributed by atoms with Gasteiger partial charge in [-0.2, -0.15) is 0 Å². The number of piperazine rings is 1. The molecule has 0 aliphatic carbocycles. The SMILES string of the molecule is Cc1ccc(N2CCN(C(=O)CCc3ccccc3)[C@H](C)C2=O)c(C)c1. The minimum Gasteiger partial charge on any atom is -0.329 e. The second-order valence-corrected chi connectivity index (χ2v) is 7.03. The Hall–Kier alpha value is -2.62. The molecule has 1 aliphatic heterocycles. The number of rotatable bonds is 4. The van der Waals surface area contributed by atoms with Crippen molar-refractivity contribution in [2.45, 2.75) is 39.7 Å². The Morgan fingerprint density at radius 2 is 1.81 bits per heavy atom. The van der Waals surface area contributed by atoms with Gasteiger partial charge in [-0.15, -0.1) is 0 Å². The number of carbonyl (C=O) groups excluding carboxylic acids is 2. The van der Waals surface area contributed by atoms with Crippen molar-refractivity contribution in [2.24, 2.45) is 0 Å². The largest absolute Gasteiger partial charge is 0.329 e. The summed E-state index contributed by atoms with van der Waals surface area (Å²) in [6.07, 6.45) is 1.14. The zero-order valence-electron chi connectivity index (χ0n) is 15.7. The average molecular weight is 350 g/mol. The van der Waals surface area contributed by atoms with Crippen LogP contribution in [0.3, 0.4) is 0 Å². The molecule has 0 saturated carbocycles. The van der Waals surface area contributed by atoms with E-state index in [-0.39, 0.29) is 11.8 Å². The Labute approximate surface area is 155 Å². The predicted octanol–water partition coefficient (Wildman–Crippen LogP) is 3.50. The summed E-state index contributed by atoms with van der Waals surface area (Å²) < 4.78 is 0. The van der Waals surface area contributed by atoms with E-state index < -0.39 is 6.04 Å². The van der Waals surface area contributed by atoms with Crippen LogP contribution in [-0.4, -0.2) is 35.8 Å². The molecule has 0 radical (unpaired) electrons. The van der Waals surface area contributed by atoms with Crippen molar-refractivity contribution < 1.29 is 9.59 Å². The van der Waals surface area contributed by atoms with E-state index in [9.17, 15) is 9.59 Å². The number of benzene rings is 2. The quantitative estimate of drug-likeness (QED) is 0.847. The van der Waals surface area contributed by atoms with Crippen LogP contribution < -0.4 is 4.90 Å². The first-order valence-electron chi connectivity index (χ1n) is 9.19. The third kappa shape index (κ3) is 3.79. The molecule has 1 saturated heterocycles. The first-order valence-corrected chi connectivity index (χ1v) is 9.19. The maximum Gasteiger partial charge on any atom is 0.249 e. The van der Waals surface area contributed by atoms with Crippen LogP contribution in [0.25, 0.3) is 0 Å². The minimum atomic E-state index is -0.423. The van der Waals surface area contributed by atoms with Gasteiger partial charge in [-0.1, -0.05) is 48.0 Å². The second kappa shape index (κ2) is 7.73. The molecule has 2 aromatic rings. The van der Waals surface area contributed by atoms with Crippen molar-refractivity contribution >= 4 is 17.5 Å². The highest BCUT2D eigenvalue weighted by atomic mass is 16.2. The third-order valence-corrected chi connectivity index (χ3v) is 5.09. The molecule has 0 spiro atoms. The topological polar surface area (TPSA) is 40.6 Å². The summed E-state index contributed by atoms with van der Waals surface area (Å²) in [5, 5.41) is 0. The fourth-order valence-corrected chi connectivity index (χ4v) is 3.60. The van der Waals surface area contributed by atoms with Crippen LogP contribution in [0.1, 0.15) is 30.0 Å². The smallest absolute Gasteiger partial charge is 0.249 e. The van der Waals surface area contributed by atoms with E-state index >= 15 is 0 Å². The molecule has 1 atom stereocenters. The van der Waals surface area contributed by atoms with Crippen LogP contribution in [0.5, 0.6) is 0 Å². The van der Waals surface area contributed by atoms with E-state index in [0.29, 0.717) is 25.9 Å². The molecule has 1 fully saturated rings. The van der Waals surface area contributed by atoms with Gasteiger partial charge in [-0.3, -0.25) is 9.59 Å². The van der Waals surface area contributed by atoms with Crippen molar-refractivity contribution in [3.63, 3.8) is 0 Å². The van der Waals surface area contributed by atoms with Crippen LogP contribution in [0.4, 0.5) is 5.69 Å².